The first-order chi connectivity index (χ1) is 11.6. The molecule has 1 fully saturated rings. The Balaban J connectivity index is 1.46. The molecule has 128 valence electrons. The van der Waals surface area contributed by atoms with Crippen LogP contribution in [0.4, 0.5) is 4.39 Å². The third-order valence-electron chi connectivity index (χ3n) is 4.28. The molecule has 1 aromatic heterocycles. The van der Waals surface area contributed by atoms with Gasteiger partial charge >= 0.3 is 0 Å². The number of thiophene rings is 1. The molecule has 0 radical (unpaired) electrons. The number of halogens is 1. The molecule has 24 heavy (non-hydrogen) atoms. The van der Waals surface area contributed by atoms with E-state index in [4.69, 9.17) is 4.74 Å². The molecule has 1 aliphatic rings. The van der Waals surface area contributed by atoms with Gasteiger partial charge in [0, 0.05) is 22.7 Å². The van der Waals surface area contributed by atoms with Crippen molar-refractivity contribution in [2.75, 3.05) is 13.2 Å². The molecule has 0 aliphatic carbocycles. The Morgan fingerprint density at radius 2 is 2.08 bits per heavy atom. The maximum atomic E-state index is 12.8. The minimum atomic E-state index is -0.276. The summed E-state index contributed by atoms with van der Waals surface area (Å²) < 4.78 is 18.4. The summed E-state index contributed by atoms with van der Waals surface area (Å²) in [6.45, 7) is 3.41. The summed E-state index contributed by atoms with van der Waals surface area (Å²) in [4.78, 5) is 17.1. The zero-order valence-electron chi connectivity index (χ0n) is 13.8. The topological polar surface area (TPSA) is 29.5 Å². The summed E-state index contributed by atoms with van der Waals surface area (Å²) in [7, 11) is 0. The Kier molecular flexibility index (Phi) is 5.51. The van der Waals surface area contributed by atoms with Gasteiger partial charge < -0.3 is 9.64 Å². The zero-order chi connectivity index (χ0) is 16.9. The Morgan fingerprint density at radius 1 is 1.29 bits per heavy atom. The fourth-order valence-electron chi connectivity index (χ4n) is 3.08. The number of benzene rings is 1. The van der Waals surface area contributed by atoms with Crippen molar-refractivity contribution in [3.05, 3.63) is 52.0 Å². The summed E-state index contributed by atoms with van der Waals surface area (Å²) in [5.41, 5.74) is 0. The van der Waals surface area contributed by atoms with Crippen LogP contribution in [0.25, 0.3) is 0 Å². The Bertz CT molecular complexity index is 683. The highest BCUT2D eigenvalue weighted by atomic mass is 32.1. The Hall–Kier alpha value is -1.88. The second kappa shape index (κ2) is 7.79. The van der Waals surface area contributed by atoms with Crippen molar-refractivity contribution in [3.63, 3.8) is 0 Å². The van der Waals surface area contributed by atoms with E-state index in [1.165, 1.54) is 21.9 Å². The summed E-state index contributed by atoms with van der Waals surface area (Å²) in [5, 5.41) is 0. The molecular formula is C19H22FNO2S. The van der Waals surface area contributed by atoms with Gasteiger partial charge in [0.05, 0.1) is 12.6 Å². The lowest BCUT2D eigenvalue weighted by molar-refractivity contribution is -0.132. The average Bonchev–Trinajstić information content (AvgIpc) is 3.21. The Morgan fingerprint density at radius 3 is 2.79 bits per heavy atom. The predicted octanol–water partition coefficient (Wildman–Crippen LogP) is 4.72. The smallest absolute Gasteiger partial charge is 0.223 e. The SMILES string of the molecule is Cc1ccc(C2CCCN2C(=O)CCCOc2ccc(F)cc2)s1. The number of aryl methyl sites for hydroxylation is 1. The summed E-state index contributed by atoms with van der Waals surface area (Å²) in [5.74, 6) is 0.560. The molecule has 1 amide bonds. The third kappa shape index (κ3) is 4.15. The predicted molar refractivity (Wildman–Crippen MR) is 93.9 cm³/mol. The molecule has 0 N–H and O–H groups in total. The molecule has 1 aliphatic heterocycles. The van der Waals surface area contributed by atoms with Crippen LogP contribution in [0.2, 0.25) is 0 Å². The van der Waals surface area contributed by atoms with Crippen molar-refractivity contribution in [2.24, 2.45) is 0 Å². The lowest BCUT2D eigenvalue weighted by Crippen LogP contribution is -2.30. The lowest BCUT2D eigenvalue weighted by atomic mass is 10.1. The maximum absolute atomic E-state index is 12.8. The van der Waals surface area contributed by atoms with Crippen LogP contribution >= 0.6 is 11.3 Å². The standard InChI is InChI=1S/C19H22FNO2S/c1-14-6-11-18(24-14)17-4-2-12-21(17)19(22)5-3-13-23-16-9-7-15(20)8-10-16/h6-11,17H,2-5,12-13H2,1H3. The molecule has 2 aromatic rings. The van der Waals surface area contributed by atoms with Crippen LogP contribution in [0.15, 0.2) is 36.4 Å². The van der Waals surface area contributed by atoms with Gasteiger partial charge in [-0.3, -0.25) is 4.79 Å². The summed E-state index contributed by atoms with van der Waals surface area (Å²) in [6, 6.07) is 10.5. The maximum Gasteiger partial charge on any atom is 0.223 e. The van der Waals surface area contributed by atoms with Gasteiger partial charge in [-0.1, -0.05) is 0 Å². The summed E-state index contributed by atoms with van der Waals surface area (Å²) >= 11 is 1.78. The molecule has 1 aromatic carbocycles. The van der Waals surface area contributed by atoms with Crippen LogP contribution in [-0.4, -0.2) is 24.0 Å². The monoisotopic (exact) mass is 347 g/mol. The minimum Gasteiger partial charge on any atom is -0.494 e. The van der Waals surface area contributed by atoms with Gasteiger partial charge in [-0.2, -0.15) is 0 Å². The fourth-order valence-corrected chi connectivity index (χ4v) is 4.11. The van der Waals surface area contributed by atoms with Crippen LogP contribution in [0, 0.1) is 12.7 Å². The number of carbonyl (C=O) groups excluding carboxylic acids is 1. The molecule has 3 nitrogen and oxygen atoms in total. The van der Waals surface area contributed by atoms with E-state index in [-0.39, 0.29) is 17.8 Å². The van der Waals surface area contributed by atoms with Crippen LogP contribution in [-0.2, 0) is 4.79 Å². The number of hydrogen-bond acceptors (Lipinski definition) is 3. The molecule has 1 unspecified atom stereocenters. The molecule has 0 saturated carbocycles. The molecule has 0 spiro atoms. The first kappa shape index (κ1) is 17.0. The molecule has 5 heteroatoms. The van der Waals surface area contributed by atoms with E-state index in [9.17, 15) is 9.18 Å². The van der Waals surface area contributed by atoms with Crippen molar-refractivity contribution < 1.29 is 13.9 Å². The van der Waals surface area contributed by atoms with E-state index >= 15 is 0 Å². The zero-order valence-corrected chi connectivity index (χ0v) is 14.7. The number of rotatable bonds is 6. The lowest BCUT2D eigenvalue weighted by Gasteiger charge is -2.24. The van der Waals surface area contributed by atoms with Crippen LogP contribution < -0.4 is 4.74 Å². The number of ether oxygens (including phenoxy) is 1. The number of carbonyl (C=O) groups is 1. The van der Waals surface area contributed by atoms with Crippen molar-refractivity contribution in [1.82, 2.24) is 4.90 Å². The summed E-state index contributed by atoms with van der Waals surface area (Å²) in [6.07, 6.45) is 3.28. The average molecular weight is 347 g/mol. The van der Waals surface area contributed by atoms with Gasteiger partial charge in [-0.05, 0) is 62.6 Å². The van der Waals surface area contributed by atoms with Crippen LogP contribution in [0.3, 0.4) is 0 Å². The molecule has 1 saturated heterocycles. The van der Waals surface area contributed by atoms with E-state index in [2.05, 4.69) is 19.1 Å². The third-order valence-corrected chi connectivity index (χ3v) is 5.38. The van der Waals surface area contributed by atoms with Crippen LogP contribution in [0.5, 0.6) is 5.75 Å². The van der Waals surface area contributed by atoms with Gasteiger partial charge in [0.1, 0.15) is 11.6 Å². The van der Waals surface area contributed by atoms with Gasteiger partial charge in [-0.15, -0.1) is 11.3 Å². The molecule has 2 heterocycles. The van der Waals surface area contributed by atoms with Gasteiger partial charge in [0.25, 0.3) is 0 Å². The van der Waals surface area contributed by atoms with E-state index in [1.54, 1.807) is 23.5 Å². The first-order valence-corrected chi connectivity index (χ1v) is 9.19. The highest BCUT2D eigenvalue weighted by Gasteiger charge is 2.30. The fraction of sp³-hybridized carbons (Fsp3) is 0.421. The molecule has 0 bridgehead atoms. The van der Waals surface area contributed by atoms with E-state index < -0.39 is 0 Å². The van der Waals surface area contributed by atoms with Gasteiger partial charge in [0.2, 0.25) is 5.91 Å². The first-order valence-electron chi connectivity index (χ1n) is 8.37. The second-order valence-corrected chi connectivity index (χ2v) is 7.42. The van der Waals surface area contributed by atoms with Gasteiger partial charge in [-0.25, -0.2) is 4.39 Å². The quantitative estimate of drug-likeness (QED) is 0.708. The number of amides is 1. The molecular weight excluding hydrogens is 325 g/mol. The number of hydrogen-bond donors (Lipinski definition) is 0. The highest BCUT2D eigenvalue weighted by molar-refractivity contribution is 7.12. The van der Waals surface area contributed by atoms with E-state index in [1.807, 2.05) is 4.90 Å². The van der Waals surface area contributed by atoms with Gasteiger partial charge in [0.15, 0.2) is 0 Å². The normalized spacial score (nSPS) is 17.2. The highest BCUT2D eigenvalue weighted by Crippen LogP contribution is 2.36. The second-order valence-electron chi connectivity index (χ2n) is 6.10. The Labute approximate surface area is 146 Å². The largest absolute Gasteiger partial charge is 0.494 e. The minimum absolute atomic E-state index is 0.200. The van der Waals surface area contributed by atoms with Crippen molar-refractivity contribution >= 4 is 17.2 Å². The van der Waals surface area contributed by atoms with E-state index in [0.717, 1.165) is 19.4 Å². The van der Waals surface area contributed by atoms with Crippen molar-refractivity contribution in [3.8, 4) is 5.75 Å². The van der Waals surface area contributed by atoms with Crippen molar-refractivity contribution in [2.45, 2.75) is 38.6 Å². The molecule has 3 rings (SSSR count). The van der Waals surface area contributed by atoms with Crippen molar-refractivity contribution in [1.29, 1.82) is 0 Å². The molecule has 1 atom stereocenters. The van der Waals surface area contributed by atoms with Crippen LogP contribution in [0.1, 0.15) is 41.5 Å². The van der Waals surface area contributed by atoms with E-state index in [0.29, 0.717) is 25.2 Å². The number of likely N-dealkylation sites (tertiary alicyclic amines) is 1. The number of nitrogens with zero attached hydrogens (tertiary/aromatic N) is 1.